The van der Waals surface area contributed by atoms with Gasteiger partial charge < -0.3 is 68.7 Å². The first-order valence-corrected chi connectivity index (χ1v) is 52.5. The second-order valence-corrected chi connectivity index (χ2v) is 53.1. The van der Waals surface area contributed by atoms with Crippen LogP contribution in [0.25, 0.3) is 86.1 Å². The van der Waals surface area contributed by atoms with Gasteiger partial charge in [0.2, 0.25) is 16.6 Å². The fraction of sp³-hybridized carbons (Fsp3) is 0.477. The van der Waals surface area contributed by atoms with Gasteiger partial charge in [0, 0.05) is 40.0 Å². The summed E-state index contributed by atoms with van der Waals surface area (Å²) in [4.78, 5) is 88.3. The molecule has 0 amide bonds. The summed E-state index contributed by atoms with van der Waals surface area (Å²) in [6, 6.07) is 26.5. The van der Waals surface area contributed by atoms with Crippen molar-refractivity contribution in [3.8, 4) is 40.0 Å². The third kappa shape index (κ3) is 32.4. The molecule has 12 aromatic rings. The molecule has 1 aliphatic heterocycles. The van der Waals surface area contributed by atoms with Crippen molar-refractivity contribution in [3.05, 3.63) is 111 Å². The zero-order chi connectivity index (χ0) is 95.6. The quantitative estimate of drug-likeness (QED) is 0.0230. The Hall–Kier alpha value is -4.39. The van der Waals surface area contributed by atoms with Crippen molar-refractivity contribution >= 4 is 224 Å². The number of thiophene rings is 3. The van der Waals surface area contributed by atoms with Crippen LogP contribution in [0.15, 0.2) is 107 Å². The molecule has 3 N–H and O–H groups in total. The number of nitrogens with zero attached hydrogens (tertiary/aromatic N) is 9. The van der Waals surface area contributed by atoms with E-state index in [4.69, 9.17) is 52.1 Å². The number of halogens is 3. The SMILES string of the molecule is BrCCBr.C1CCOC1.CC(C)(C)OC(=O)n1c(B(O)O)cc2cc(O[Si](C)(C)C(C)(C)C)ccc21.CC(C)(C)OC(=O)n1nc(-c2cc3cc(O)ccc3n2C(=O)OC(C)(C)C)c2sccc21.CC(C)(C)OC(=O)n1nc(-c2cc3cc(O[Si](C)(C)C(C)(C)C)ccc3n2C(=O)OC(C)(C)C)c2sccc21.CC(C)(C)OC(=O)n1nc(I)c2sccc21.O=CO[O-].[Cs+].[Cs+].[H-]. The van der Waals surface area contributed by atoms with E-state index in [2.05, 4.69) is 142 Å². The number of hydrogen-bond acceptors (Lipinski definition) is 27. The van der Waals surface area contributed by atoms with Crippen molar-refractivity contribution in [2.24, 2.45) is 0 Å². The van der Waals surface area contributed by atoms with Gasteiger partial charge in [0.15, 0.2) is 0 Å². The fourth-order valence-corrected chi connectivity index (χ4v) is 16.8. The van der Waals surface area contributed by atoms with E-state index in [0.717, 1.165) is 58.3 Å². The van der Waals surface area contributed by atoms with Gasteiger partial charge in [-0.05, 0) is 303 Å². The molecule has 41 heteroatoms. The topological polar surface area (TPSA) is 364 Å². The molecule has 9 aromatic heterocycles. The van der Waals surface area contributed by atoms with Crippen LogP contribution in [0.1, 0.15) is 180 Å². The van der Waals surface area contributed by atoms with Gasteiger partial charge in [0.05, 0.1) is 64.2 Å². The first-order valence-electron chi connectivity index (χ1n) is 40.7. The fourth-order valence-electron chi connectivity index (χ4n) is 11.4. The summed E-state index contributed by atoms with van der Waals surface area (Å²) < 4.78 is 62.3. The summed E-state index contributed by atoms with van der Waals surface area (Å²) in [5, 5.41) is 61.2. The molecule has 1 saturated heterocycles. The van der Waals surface area contributed by atoms with E-state index >= 15 is 0 Å². The largest absolute Gasteiger partial charge is 1.00 e. The molecule has 0 radical (unpaired) electrons. The number of alkyl halides is 2. The maximum Gasteiger partial charge on any atom is 1.00 e. The molecule has 0 unspecified atom stereocenters. The van der Waals surface area contributed by atoms with Crippen molar-refractivity contribution in [3.63, 3.8) is 0 Å². The van der Waals surface area contributed by atoms with E-state index in [9.17, 15) is 43.9 Å². The molecule has 13 rings (SSSR count). The number of phenolic OH excluding ortho intramolecular Hbond substituents is 1. The number of fused-ring (bicyclic) bond motifs is 6. The van der Waals surface area contributed by atoms with Gasteiger partial charge in [-0.2, -0.15) is 29.3 Å². The number of ether oxygens (including phenoxy) is 7. The summed E-state index contributed by atoms with van der Waals surface area (Å²) >= 11 is 12.9. The number of benzene rings is 3. The van der Waals surface area contributed by atoms with Crippen LogP contribution in [0, 0.1) is 3.70 Å². The molecule has 1 aliphatic rings. The molecule has 0 saturated carbocycles. The average molecular weight is 2350 g/mol. The molecule has 0 atom stereocenters. The Labute approximate surface area is 917 Å². The first kappa shape index (κ1) is 115. The number of hydrogen-bond donors (Lipinski definition) is 3. The summed E-state index contributed by atoms with van der Waals surface area (Å²) in [7, 11) is -5.89. The number of phenols is 1. The van der Waals surface area contributed by atoms with Crippen molar-refractivity contribution in [2.75, 3.05) is 23.9 Å². The molecule has 3 aromatic carbocycles. The van der Waals surface area contributed by atoms with Crippen molar-refractivity contribution in [2.45, 2.75) is 249 Å². The molecule has 0 bridgehead atoms. The van der Waals surface area contributed by atoms with Crippen molar-refractivity contribution < 1.29 is 240 Å². The smallest absolute Gasteiger partial charge is 1.00 e. The summed E-state index contributed by atoms with van der Waals surface area (Å²) in [6.45, 7) is 56.0. The molecule has 10 heterocycles. The normalized spacial score (nSPS) is 12.6. The predicted octanol–water partition coefficient (Wildman–Crippen LogP) is 16.8. The van der Waals surface area contributed by atoms with Gasteiger partial charge >= 0.3 is 181 Å². The maximum atomic E-state index is 13.6. The van der Waals surface area contributed by atoms with E-state index < -0.39 is 93.9 Å². The zero-order valence-corrected chi connectivity index (χ0v) is 102. The molecule has 0 spiro atoms. The van der Waals surface area contributed by atoms with Crippen LogP contribution in [0.3, 0.4) is 0 Å². The van der Waals surface area contributed by atoms with Gasteiger partial charge in [-0.3, -0.25) is 9.36 Å². The first-order chi connectivity index (χ1) is 58.4. The van der Waals surface area contributed by atoms with Crippen LogP contribution >= 0.6 is 88.5 Å². The molecular formula is C88H119BBr2Cs2IN9O21S3Si2. The van der Waals surface area contributed by atoms with Gasteiger partial charge in [-0.25, -0.2) is 37.9 Å². The van der Waals surface area contributed by atoms with E-state index in [1.54, 1.807) is 116 Å². The van der Waals surface area contributed by atoms with E-state index in [0.29, 0.717) is 66.9 Å². The number of rotatable bonds is 9. The Kier molecular flexibility index (Phi) is 42.0. The molecule has 1 fully saturated rings. The van der Waals surface area contributed by atoms with Crippen LogP contribution in [0.5, 0.6) is 17.2 Å². The standard InChI is InChI=1S/C29H39N3O5SSi.C23H25N3O5S.C19H30BNO5Si.C10H11IN2O2S.C4H8O.C2H4Br2.CH2O3.2Cs.H/c1-27(2,3)35-25(33)31-20-13-12-19(37-39(10,11)29(7,8)9)16-18(20)17-22(31)23-24-21(14-15-38-24)32(30-23)26(34)36-28(4,5)6;1-22(2,3)30-20(28)25-15-8-7-14(27)11-13(15)12-17(25)18-19-16(9-10-32-19)26(24-18)21(29)31-23(4,5)6;1-18(2,3)25-17(22)21-15-10-9-14(26-27(7,8)19(4,5)6)11-13(15)12-16(21)20(23)24;1-10(2,3)15-9(14)13-6-4-5-16-7(6)8(11)12-13;1-2-4-5-3-1;3-1-2-4;2-1-4-3;;;/h12-17H,1-11H3;7-12,27H,1-6H3;9-12,23-24H,1-8H3;4-5H,1-3H3;1-4H2;1-2H2;1,3H;;;/q;;;;;;;2*+1;-1/p-1. The van der Waals surface area contributed by atoms with Crippen LogP contribution in [0.2, 0.25) is 36.3 Å². The van der Waals surface area contributed by atoms with Crippen LogP contribution in [-0.2, 0) is 42.8 Å². The summed E-state index contributed by atoms with van der Waals surface area (Å²) in [6.07, 6.45) is -0.823. The van der Waals surface area contributed by atoms with Gasteiger partial charge in [0.1, 0.15) is 65.9 Å². The Morgan fingerprint density at radius 3 is 1.09 bits per heavy atom. The van der Waals surface area contributed by atoms with Gasteiger partial charge in [-0.15, -0.1) is 34.0 Å². The average Bonchev–Trinajstić information content (AvgIpc) is 1.59. The van der Waals surface area contributed by atoms with E-state index in [1.165, 1.54) is 69.3 Å². The van der Waals surface area contributed by atoms with Crippen molar-refractivity contribution in [1.82, 2.24) is 43.0 Å². The Balaban J connectivity index is 0.000000353. The van der Waals surface area contributed by atoms with Gasteiger partial charge in [0.25, 0.3) is 6.47 Å². The molecule has 0 aliphatic carbocycles. The van der Waals surface area contributed by atoms with Crippen LogP contribution < -0.4 is 157 Å². The Morgan fingerprint density at radius 2 is 0.767 bits per heavy atom. The second-order valence-electron chi connectivity index (χ2n) is 38.3. The minimum Gasteiger partial charge on any atom is -1.00 e. The number of aromatic nitrogens is 9. The monoisotopic (exact) mass is 2350 g/mol. The molecule has 694 valence electrons. The minimum absolute atomic E-state index is 0. The maximum absolute atomic E-state index is 13.6. The molecular weight excluding hydrogens is 2230 g/mol. The predicted molar refractivity (Wildman–Crippen MR) is 522 cm³/mol. The third-order valence-corrected chi connectivity index (χ3v) is 33.1. The number of aromatic hydroxyl groups is 1. The number of carbonyl (C=O) groups is 7. The summed E-state index contributed by atoms with van der Waals surface area (Å²) in [5.41, 5.74) is 1.77. The molecule has 30 nitrogen and oxygen atoms in total. The minimum atomic E-state index is -2.08. The molecule has 129 heavy (non-hydrogen) atoms. The van der Waals surface area contributed by atoms with Crippen LogP contribution in [-0.4, -0.2) is 182 Å². The third-order valence-electron chi connectivity index (χ3n) is 18.7. The van der Waals surface area contributed by atoms with E-state index in [1.807, 2.05) is 121 Å². The number of carbonyl (C=O) groups excluding carboxylic acids is 7. The second kappa shape index (κ2) is 47.1. The van der Waals surface area contributed by atoms with Crippen molar-refractivity contribution in [1.29, 1.82) is 0 Å². The Morgan fingerprint density at radius 1 is 0.465 bits per heavy atom. The van der Waals surface area contributed by atoms with Gasteiger partial charge in [-0.1, -0.05) is 73.4 Å². The zero-order valence-electron chi connectivity index (χ0n) is 80.4. The summed E-state index contributed by atoms with van der Waals surface area (Å²) in [5.74, 6) is 1.53. The van der Waals surface area contributed by atoms with Crippen LogP contribution in [0.4, 0.5) is 28.8 Å². The van der Waals surface area contributed by atoms with E-state index in [-0.39, 0.29) is 167 Å². The Bertz CT molecular complexity index is 5870.